The fraction of sp³-hybridized carbons (Fsp3) is 0.231. The summed E-state index contributed by atoms with van der Waals surface area (Å²) in [4.78, 5) is 31.0. The predicted molar refractivity (Wildman–Crippen MR) is 122 cm³/mol. The molecule has 1 aliphatic heterocycles. The summed E-state index contributed by atoms with van der Waals surface area (Å²) in [5, 5.41) is 2.34. The Labute approximate surface area is 180 Å². The number of carbonyl (C=O) groups is 1. The third-order valence-electron chi connectivity index (χ3n) is 5.98. The Kier molecular flexibility index (Phi) is 4.83. The third-order valence-corrected chi connectivity index (χ3v) is 5.98. The number of hydrogen-bond donors (Lipinski definition) is 0. The van der Waals surface area contributed by atoms with Gasteiger partial charge in [-0.3, -0.25) is 9.59 Å². The molecule has 0 saturated carbocycles. The molecule has 31 heavy (non-hydrogen) atoms. The largest absolute Gasteiger partial charge is 0.450 e. The molecule has 0 spiro atoms. The van der Waals surface area contributed by atoms with Crippen molar-refractivity contribution in [2.75, 3.05) is 27.2 Å². The van der Waals surface area contributed by atoms with Gasteiger partial charge >= 0.3 is 0 Å². The minimum Gasteiger partial charge on any atom is -0.450 e. The Morgan fingerprint density at radius 3 is 2.42 bits per heavy atom. The van der Waals surface area contributed by atoms with Gasteiger partial charge in [0, 0.05) is 11.9 Å². The van der Waals surface area contributed by atoms with Crippen molar-refractivity contribution in [3.05, 3.63) is 93.8 Å². The number of benzene rings is 3. The van der Waals surface area contributed by atoms with E-state index in [1.807, 2.05) is 80.8 Å². The summed E-state index contributed by atoms with van der Waals surface area (Å²) >= 11 is 0. The van der Waals surface area contributed by atoms with Crippen LogP contribution in [0.1, 0.15) is 34.1 Å². The Bertz CT molecular complexity index is 1340. The monoisotopic (exact) mass is 412 g/mol. The van der Waals surface area contributed by atoms with Gasteiger partial charge in [-0.1, -0.05) is 60.7 Å². The summed E-state index contributed by atoms with van der Waals surface area (Å²) in [5.41, 5.74) is 1.73. The van der Waals surface area contributed by atoms with Gasteiger partial charge in [-0.05, 0) is 44.1 Å². The smallest absolute Gasteiger partial charge is 0.290 e. The van der Waals surface area contributed by atoms with Gasteiger partial charge in [0.25, 0.3) is 5.91 Å². The molecule has 5 nitrogen and oxygen atoms in total. The van der Waals surface area contributed by atoms with Crippen LogP contribution in [0, 0.1) is 0 Å². The number of fused-ring (bicyclic) bond motifs is 4. The van der Waals surface area contributed by atoms with Crippen molar-refractivity contribution in [1.82, 2.24) is 9.80 Å². The maximum Gasteiger partial charge on any atom is 0.290 e. The summed E-state index contributed by atoms with van der Waals surface area (Å²) in [7, 11) is 4.02. The van der Waals surface area contributed by atoms with E-state index in [2.05, 4.69) is 4.90 Å². The van der Waals surface area contributed by atoms with Crippen LogP contribution in [0.3, 0.4) is 0 Å². The lowest BCUT2D eigenvalue weighted by Gasteiger charge is -2.25. The first-order valence-corrected chi connectivity index (χ1v) is 10.6. The van der Waals surface area contributed by atoms with Gasteiger partial charge in [0.2, 0.25) is 5.76 Å². The van der Waals surface area contributed by atoms with Crippen molar-refractivity contribution >= 4 is 27.6 Å². The van der Waals surface area contributed by atoms with E-state index in [4.69, 9.17) is 4.42 Å². The number of rotatable bonds is 5. The average molecular weight is 412 g/mol. The molecule has 0 bridgehead atoms. The SMILES string of the molecule is CN(C)CCCN1C(=O)c2oc3c(ccc4ccccc43)c(=O)c2[C@H]1c1ccccc1. The standard InChI is InChI=1S/C26H24N2O3/c1-27(2)15-8-16-28-22(18-10-4-3-5-11-18)21-23(29)20-14-13-17-9-6-7-12-19(17)24(20)31-25(21)26(28)30/h3-7,9-14,22H,8,15-16H2,1-2H3/t22-/m1/s1. The van der Waals surface area contributed by atoms with Crippen LogP contribution in [0.2, 0.25) is 0 Å². The molecule has 0 unspecified atom stereocenters. The lowest BCUT2D eigenvalue weighted by atomic mass is 9.97. The highest BCUT2D eigenvalue weighted by Gasteiger charge is 2.42. The van der Waals surface area contributed by atoms with Gasteiger partial charge in [0.15, 0.2) is 5.43 Å². The van der Waals surface area contributed by atoms with E-state index in [9.17, 15) is 9.59 Å². The van der Waals surface area contributed by atoms with Crippen molar-refractivity contribution in [3.63, 3.8) is 0 Å². The van der Waals surface area contributed by atoms with E-state index >= 15 is 0 Å². The van der Waals surface area contributed by atoms with E-state index in [-0.39, 0.29) is 17.1 Å². The Balaban J connectivity index is 1.72. The molecule has 1 aliphatic rings. The quantitative estimate of drug-likeness (QED) is 0.455. The molecule has 5 heteroatoms. The molecule has 4 aromatic rings. The van der Waals surface area contributed by atoms with Crippen LogP contribution < -0.4 is 5.43 Å². The Morgan fingerprint density at radius 2 is 1.65 bits per heavy atom. The molecule has 2 heterocycles. The fourth-order valence-electron chi connectivity index (χ4n) is 4.52. The van der Waals surface area contributed by atoms with Crippen molar-refractivity contribution in [1.29, 1.82) is 0 Å². The lowest BCUT2D eigenvalue weighted by molar-refractivity contribution is 0.0722. The molecule has 0 aliphatic carbocycles. The minimum absolute atomic E-state index is 0.126. The van der Waals surface area contributed by atoms with Crippen LogP contribution in [0.5, 0.6) is 0 Å². The van der Waals surface area contributed by atoms with Gasteiger partial charge in [-0.2, -0.15) is 0 Å². The van der Waals surface area contributed by atoms with Gasteiger partial charge in [-0.25, -0.2) is 0 Å². The maximum absolute atomic E-state index is 13.7. The topological polar surface area (TPSA) is 53.8 Å². The molecule has 1 amide bonds. The molecule has 3 aromatic carbocycles. The van der Waals surface area contributed by atoms with Gasteiger partial charge in [-0.15, -0.1) is 0 Å². The van der Waals surface area contributed by atoms with Crippen LogP contribution in [-0.2, 0) is 0 Å². The molecule has 1 atom stereocenters. The number of amides is 1. The minimum atomic E-state index is -0.432. The van der Waals surface area contributed by atoms with Crippen LogP contribution in [0.25, 0.3) is 21.7 Å². The highest BCUT2D eigenvalue weighted by Crippen LogP contribution is 2.39. The summed E-state index contributed by atoms with van der Waals surface area (Å²) in [6.07, 6.45) is 0.812. The molecule has 0 N–H and O–H groups in total. The predicted octanol–water partition coefficient (Wildman–Crippen LogP) is 4.44. The van der Waals surface area contributed by atoms with E-state index < -0.39 is 6.04 Å². The first-order chi connectivity index (χ1) is 15.1. The zero-order valence-electron chi connectivity index (χ0n) is 17.7. The van der Waals surface area contributed by atoms with E-state index in [0.717, 1.165) is 29.3 Å². The van der Waals surface area contributed by atoms with E-state index in [1.54, 1.807) is 4.90 Å². The van der Waals surface area contributed by atoms with Gasteiger partial charge < -0.3 is 14.2 Å². The van der Waals surface area contributed by atoms with E-state index in [0.29, 0.717) is 23.1 Å². The van der Waals surface area contributed by atoms with Crippen molar-refractivity contribution in [2.24, 2.45) is 0 Å². The highest BCUT2D eigenvalue weighted by molar-refractivity contribution is 6.06. The zero-order valence-corrected chi connectivity index (χ0v) is 17.7. The van der Waals surface area contributed by atoms with Crippen molar-refractivity contribution < 1.29 is 9.21 Å². The number of hydrogen-bond acceptors (Lipinski definition) is 4. The second-order valence-corrected chi connectivity index (χ2v) is 8.31. The van der Waals surface area contributed by atoms with Crippen molar-refractivity contribution in [3.8, 4) is 0 Å². The first-order valence-electron chi connectivity index (χ1n) is 10.6. The van der Waals surface area contributed by atoms with Gasteiger partial charge in [0.05, 0.1) is 17.0 Å². The Morgan fingerprint density at radius 1 is 0.903 bits per heavy atom. The van der Waals surface area contributed by atoms with Crippen molar-refractivity contribution in [2.45, 2.75) is 12.5 Å². The molecule has 0 fully saturated rings. The highest BCUT2D eigenvalue weighted by atomic mass is 16.3. The normalized spacial score (nSPS) is 15.9. The van der Waals surface area contributed by atoms with E-state index in [1.165, 1.54) is 0 Å². The van der Waals surface area contributed by atoms with Crippen LogP contribution in [-0.4, -0.2) is 42.9 Å². The second kappa shape index (κ2) is 7.67. The molecular formula is C26H24N2O3. The summed E-state index contributed by atoms with van der Waals surface area (Å²) in [5.74, 6) is -0.0397. The van der Waals surface area contributed by atoms with Crippen LogP contribution in [0.4, 0.5) is 0 Å². The second-order valence-electron chi connectivity index (χ2n) is 8.31. The molecule has 5 rings (SSSR count). The Hall–Kier alpha value is -3.44. The van der Waals surface area contributed by atoms with Crippen LogP contribution >= 0.6 is 0 Å². The fourth-order valence-corrected chi connectivity index (χ4v) is 4.52. The first kappa shape index (κ1) is 19.5. The zero-order chi connectivity index (χ0) is 21.5. The summed E-state index contributed by atoms with van der Waals surface area (Å²) < 4.78 is 6.22. The molecule has 1 aromatic heterocycles. The maximum atomic E-state index is 13.7. The molecular weight excluding hydrogens is 388 g/mol. The lowest BCUT2D eigenvalue weighted by Crippen LogP contribution is -2.32. The van der Waals surface area contributed by atoms with Crippen LogP contribution in [0.15, 0.2) is 75.9 Å². The molecule has 0 saturated heterocycles. The van der Waals surface area contributed by atoms with Gasteiger partial charge in [0.1, 0.15) is 5.58 Å². The molecule has 0 radical (unpaired) electrons. The third kappa shape index (κ3) is 3.22. The molecule has 156 valence electrons. The number of nitrogens with zero attached hydrogens (tertiary/aromatic N) is 2. The summed E-state index contributed by atoms with van der Waals surface area (Å²) in [6, 6.07) is 20.8. The summed E-state index contributed by atoms with van der Waals surface area (Å²) in [6.45, 7) is 1.41. The number of carbonyl (C=O) groups excluding carboxylic acids is 1. The average Bonchev–Trinajstić information content (AvgIpc) is 3.06.